The molecule has 2 atom stereocenters. The summed E-state index contributed by atoms with van der Waals surface area (Å²) in [7, 11) is 0. The minimum Gasteiger partial charge on any atom is -0.360 e. The second-order valence-electron chi connectivity index (χ2n) is 3.94. The van der Waals surface area contributed by atoms with Gasteiger partial charge in [0.1, 0.15) is 0 Å². The summed E-state index contributed by atoms with van der Waals surface area (Å²) in [4.78, 5) is 0. The van der Waals surface area contributed by atoms with Crippen LogP contribution in [0.15, 0.2) is 30.3 Å². The van der Waals surface area contributed by atoms with Crippen molar-refractivity contribution in [2.75, 3.05) is 5.43 Å². The Labute approximate surface area is 101 Å². The minimum atomic E-state index is 0.156. The fraction of sp³-hybridized carbons (Fsp3) is 0.364. The first-order valence-corrected chi connectivity index (χ1v) is 5.78. The van der Waals surface area contributed by atoms with E-state index in [1.165, 1.54) is 0 Å². The Morgan fingerprint density at radius 1 is 1.25 bits per heavy atom. The van der Waals surface area contributed by atoms with E-state index in [4.69, 9.17) is 12.2 Å². The third-order valence-electron chi connectivity index (χ3n) is 2.44. The van der Waals surface area contributed by atoms with Gasteiger partial charge in [-0.05, 0) is 31.3 Å². The fourth-order valence-electron chi connectivity index (χ4n) is 1.68. The Balaban J connectivity index is 1.84. The van der Waals surface area contributed by atoms with E-state index in [1.54, 1.807) is 0 Å². The van der Waals surface area contributed by atoms with Gasteiger partial charge in [0.15, 0.2) is 5.11 Å². The molecule has 0 aliphatic carbocycles. The topological polar surface area (TPSA) is 48.1 Å². The minimum absolute atomic E-state index is 0.156. The number of rotatable bonds is 3. The second-order valence-corrected chi connectivity index (χ2v) is 4.35. The number of hydrogen-bond acceptors (Lipinski definition) is 3. The maximum atomic E-state index is 5.10. The van der Waals surface area contributed by atoms with Crippen LogP contribution in [0.3, 0.4) is 0 Å². The Morgan fingerprint density at radius 3 is 2.69 bits per heavy atom. The molecule has 1 aromatic rings. The molecular formula is C11H16N4S. The predicted molar refractivity (Wildman–Crippen MR) is 69.9 cm³/mol. The van der Waals surface area contributed by atoms with Crippen molar-refractivity contribution in [2.45, 2.75) is 25.6 Å². The van der Waals surface area contributed by atoms with Crippen molar-refractivity contribution in [2.24, 2.45) is 0 Å². The molecule has 4 nitrogen and oxygen atoms in total. The van der Waals surface area contributed by atoms with Gasteiger partial charge in [-0.2, -0.15) is 0 Å². The summed E-state index contributed by atoms with van der Waals surface area (Å²) in [5, 5.41) is 7.02. The number of hydrogen-bond donors (Lipinski definition) is 4. The zero-order chi connectivity index (χ0) is 11.4. The third-order valence-corrected chi connectivity index (χ3v) is 2.67. The molecule has 1 aliphatic rings. The predicted octanol–water partition coefficient (Wildman–Crippen LogP) is 1.19. The van der Waals surface area contributed by atoms with Crippen molar-refractivity contribution in [1.82, 2.24) is 16.1 Å². The van der Waals surface area contributed by atoms with Crippen LogP contribution in [0.1, 0.15) is 13.3 Å². The zero-order valence-electron chi connectivity index (χ0n) is 9.16. The Bertz CT molecular complexity index is 354. The molecule has 1 saturated heterocycles. The molecule has 1 heterocycles. The molecule has 0 radical (unpaired) electrons. The first-order valence-electron chi connectivity index (χ1n) is 5.37. The van der Waals surface area contributed by atoms with Crippen molar-refractivity contribution < 1.29 is 0 Å². The number of para-hydroxylation sites is 1. The second kappa shape index (κ2) is 5.14. The summed E-state index contributed by atoms with van der Waals surface area (Å²) in [6, 6.07) is 10.4. The standard InChI is InChI=1S/C11H16N4S/c1-8-7-10(13-11(16)12-8)15-14-9-5-3-2-4-6-9/h2-6,8,10,14-15H,7H2,1H3,(H2,12,13,16)/t8-,10-/m1/s1. The lowest BCUT2D eigenvalue weighted by Crippen LogP contribution is -2.59. The van der Waals surface area contributed by atoms with Crippen molar-refractivity contribution >= 4 is 23.0 Å². The largest absolute Gasteiger partial charge is 0.360 e. The molecule has 1 fully saturated rings. The first-order chi connectivity index (χ1) is 7.74. The van der Waals surface area contributed by atoms with E-state index in [9.17, 15) is 0 Å². The van der Waals surface area contributed by atoms with Crippen LogP contribution in [0.4, 0.5) is 5.69 Å². The highest BCUT2D eigenvalue weighted by Gasteiger charge is 2.19. The fourth-order valence-corrected chi connectivity index (χ4v) is 2.03. The van der Waals surface area contributed by atoms with Crippen LogP contribution >= 0.6 is 12.2 Å². The summed E-state index contributed by atoms with van der Waals surface area (Å²) < 4.78 is 0. The number of benzene rings is 1. The molecule has 0 saturated carbocycles. The first kappa shape index (κ1) is 11.2. The van der Waals surface area contributed by atoms with E-state index in [-0.39, 0.29) is 6.17 Å². The van der Waals surface area contributed by atoms with Gasteiger partial charge in [0, 0.05) is 18.2 Å². The van der Waals surface area contributed by atoms with Gasteiger partial charge in [-0.25, -0.2) is 5.43 Å². The van der Waals surface area contributed by atoms with Crippen LogP contribution in [0.5, 0.6) is 0 Å². The monoisotopic (exact) mass is 236 g/mol. The van der Waals surface area contributed by atoms with Crippen molar-refractivity contribution in [3.05, 3.63) is 30.3 Å². The van der Waals surface area contributed by atoms with Gasteiger partial charge in [0.25, 0.3) is 0 Å². The number of nitrogens with one attached hydrogen (secondary N) is 4. The summed E-state index contributed by atoms with van der Waals surface area (Å²) >= 11 is 5.10. The Morgan fingerprint density at radius 2 is 2.00 bits per heavy atom. The molecule has 5 heteroatoms. The highest BCUT2D eigenvalue weighted by atomic mass is 32.1. The van der Waals surface area contributed by atoms with E-state index in [0.717, 1.165) is 12.1 Å². The average molecular weight is 236 g/mol. The van der Waals surface area contributed by atoms with Gasteiger partial charge < -0.3 is 16.1 Å². The van der Waals surface area contributed by atoms with Crippen LogP contribution in [0.2, 0.25) is 0 Å². The smallest absolute Gasteiger partial charge is 0.167 e. The third kappa shape index (κ3) is 3.08. The van der Waals surface area contributed by atoms with Crippen LogP contribution < -0.4 is 21.5 Å². The Hall–Kier alpha value is -1.33. The van der Waals surface area contributed by atoms with Gasteiger partial charge in [-0.15, -0.1) is 0 Å². The molecule has 1 aromatic carbocycles. The molecule has 4 N–H and O–H groups in total. The molecule has 1 aliphatic heterocycles. The van der Waals surface area contributed by atoms with Crippen LogP contribution in [-0.2, 0) is 0 Å². The molecule has 86 valence electrons. The van der Waals surface area contributed by atoms with Crippen LogP contribution in [-0.4, -0.2) is 17.3 Å². The van der Waals surface area contributed by atoms with Crippen molar-refractivity contribution in [1.29, 1.82) is 0 Å². The van der Waals surface area contributed by atoms with E-state index < -0.39 is 0 Å². The van der Waals surface area contributed by atoms with Crippen LogP contribution in [0, 0.1) is 0 Å². The van der Waals surface area contributed by atoms with Gasteiger partial charge in [0.2, 0.25) is 0 Å². The highest BCUT2D eigenvalue weighted by molar-refractivity contribution is 7.80. The molecule has 2 rings (SSSR count). The molecule has 0 amide bonds. The van der Waals surface area contributed by atoms with Crippen molar-refractivity contribution in [3.8, 4) is 0 Å². The average Bonchev–Trinajstić information content (AvgIpc) is 2.27. The molecule has 0 aromatic heterocycles. The normalized spacial score (nSPS) is 24.4. The van der Waals surface area contributed by atoms with E-state index >= 15 is 0 Å². The molecular weight excluding hydrogens is 220 g/mol. The number of anilines is 1. The molecule has 0 unspecified atom stereocenters. The lowest BCUT2D eigenvalue weighted by molar-refractivity contribution is 0.402. The summed E-state index contributed by atoms with van der Waals surface area (Å²) in [6.45, 7) is 2.12. The maximum Gasteiger partial charge on any atom is 0.167 e. The lowest BCUT2D eigenvalue weighted by Gasteiger charge is -2.31. The van der Waals surface area contributed by atoms with E-state index in [2.05, 4.69) is 28.4 Å². The number of hydrazine groups is 1. The molecule has 0 spiro atoms. The van der Waals surface area contributed by atoms with Gasteiger partial charge >= 0.3 is 0 Å². The SMILES string of the molecule is C[C@@H]1C[C@@H](NNc2ccccc2)NC(=S)N1. The van der Waals surface area contributed by atoms with Crippen molar-refractivity contribution in [3.63, 3.8) is 0 Å². The molecule has 16 heavy (non-hydrogen) atoms. The Kier molecular flexibility index (Phi) is 3.58. The summed E-state index contributed by atoms with van der Waals surface area (Å²) in [5.74, 6) is 0. The number of thiocarbonyl (C=S) groups is 1. The van der Waals surface area contributed by atoms with Gasteiger partial charge in [-0.3, -0.25) is 0 Å². The molecule has 0 bridgehead atoms. The van der Waals surface area contributed by atoms with E-state index in [0.29, 0.717) is 11.2 Å². The van der Waals surface area contributed by atoms with Gasteiger partial charge in [-0.1, -0.05) is 18.2 Å². The van der Waals surface area contributed by atoms with Crippen LogP contribution in [0.25, 0.3) is 0 Å². The lowest BCUT2D eigenvalue weighted by atomic mass is 10.2. The quantitative estimate of drug-likeness (QED) is 0.469. The van der Waals surface area contributed by atoms with Gasteiger partial charge in [0.05, 0.1) is 6.17 Å². The highest BCUT2D eigenvalue weighted by Crippen LogP contribution is 2.05. The summed E-state index contributed by atoms with van der Waals surface area (Å²) in [6.07, 6.45) is 1.13. The maximum absolute atomic E-state index is 5.10. The zero-order valence-corrected chi connectivity index (χ0v) is 9.97. The summed E-state index contributed by atoms with van der Waals surface area (Å²) in [5.41, 5.74) is 7.41. The van der Waals surface area contributed by atoms with E-state index in [1.807, 2.05) is 30.3 Å².